The molecule has 3 aromatic heterocycles. The van der Waals surface area contributed by atoms with E-state index in [0.717, 1.165) is 52.1 Å². The summed E-state index contributed by atoms with van der Waals surface area (Å²) in [6, 6.07) is 14.0. The van der Waals surface area contributed by atoms with Crippen molar-refractivity contribution in [2.45, 2.75) is 32.2 Å². The molecule has 0 amide bonds. The molecule has 7 heteroatoms. The van der Waals surface area contributed by atoms with Crippen LogP contribution in [0.5, 0.6) is 0 Å². The van der Waals surface area contributed by atoms with Gasteiger partial charge in [0.2, 0.25) is 0 Å². The molecular formula is C25H25N5O2. The normalized spacial score (nSPS) is 16.2. The molecule has 162 valence electrons. The Balaban J connectivity index is 1.41. The quantitative estimate of drug-likeness (QED) is 0.462. The molecule has 0 saturated carbocycles. The number of esters is 1. The van der Waals surface area contributed by atoms with Gasteiger partial charge in [-0.25, -0.2) is 4.79 Å². The fraction of sp³-hybridized carbons (Fsp3) is 0.280. The van der Waals surface area contributed by atoms with Gasteiger partial charge >= 0.3 is 5.97 Å². The van der Waals surface area contributed by atoms with Crippen molar-refractivity contribution in [1.82, 2.24) is 25.5 Å². The smallest absolute Gasteiger partial charge is 0.339 e. The minimum atomic E-state index is -0.342. The Morgan fingerprint density at radius 1 is 1.16 bits per heavy atom. The summed E-state index contributed by atoms with van der Waals surface area (Å²) >= 11 is 0. The second-order valence-electron chi connectivity index (χ2n) is 8.20. The number of nitrogens with one attached hydrogen (secondary N) is 2. The third-order valence-corrected chi connectivity index (χ3v) is 5.84. The maximum atomic E-state index is 12.6. The summed E-state index contributed by atoms with van der Waals surface area (Å²) < 4.78 is 5.54. The predicted molar refractivity (Wildman–Crippen MR) is 123 cm³/mol. The summed E-state index contributed by atoms with van der Waals surface area (Å²) in [6.07, 6.45) is 6.76. The van der Waals surface area contributed by atoms with Crippen LogP contribution in [0, 0.1) is 6.92 Å². The Morgan fingerprint density at radius 2 is 2.09 bits per heavy atom. The lowest BCUT2D eigenvalue weighted by molar-refractivity contribution is 0.0451. The minimum Gasteiger partial charge on any atom is -0.460 e. The molecule has 5 rings (SSSR count). The van der Waals surface area contributed by atoms with E-state index in [2.05, 4.69) is 25.5 Å². The van der Waals surface area contributed by atoms with Crippen LogP contribution in [0.25, 0.3) is 33.4 Å². The van der Waals surface area contributed by atoms with E-state index in [0.29, 0.717) is 12.2 Å². The first-order valence-corrected chi connectivity index (χ1v) is 11.0. The SMILES string of the molecule is Cc1cccc(-c2[nH]ncc2-c2ccc3ncc(C(=O)OC[C@H]4CCCCN4)cc3c2)n1. The largest absolute Gasteiger partial charge is 0.460 e. The zero-order valence-corrected chi connectivity index (χ0v) is 18.0. The number of hydrogen-bond acceptors (Lipinski definition) is 6. The molecule has 7 nitrogen and oxygen atoms in total. The number of hydrogen-bond donors (Lipinski definition) is 2. The fourth-order valence-electron chi connectivity index (χ4n) is 4.12. The third-order valence-electron chi connectivity index (χ3n) is 5.84. The third kappa shape index (κ3) is 4.24. The highest BCUT2D eigenvalue weighted by Gasteiger charge is 2.17. The minimum absolute atomic E-state index is 0.238. The molecule has 0 aliphatic carbocycles. The van der Waals surface area contributed by atoms with Crippen molar-refractivity contribution in [2.75, 3.05) is 13.2 Å². The number of pyridine rings is 2. The molecule has 1 aliphatic heterocycles. The van der Waals surface area contributed by atoms with Gasteiger partial charge in [-0.1, -0.05) is 18.6 Å². The molecule has 1 fully saturated rings. The van der Waals surface area contributed by atoms with E-state index in [4.69, 9.17) is 4.74 Å². The van der Waals surface area contributed by atoms with Gasteiger partial charge in [0, 0.05) is 28.9 Å². The maximum absolute atomic E-state index is 12.6. The number of carbonyl (C=O) groups excluding carboxylic acids is 1. The maximum Gasteiger partial charge on any atom is 0.339 e. The summed E-state index contributed by atoms with van der Waals surface area (Å²) in [5.74, 6) is -0.342. The van der Waals surface area contributed by atoms with Crippen LogP contribution < -0.4 is 5.32 Å². The molecule has 4 heterocycles. The predicted octanol–water partition coefficient (Wildman–Crippen LogP) is 4.29. The van der Waals surface area contributed by atoms with Crippen LogP contribution in [0.4, 0.5) is 0 Å². The molecular weight excluding hydrogens is 402 g/mol. The highest BCUT2D eigenvalue weighted by Crippen LogP contribution is 2.31. The van der Waals surface area contributed by atoms with Gasteiger partial charge in [-0.15, -0.1) is 0 Å². The number of nitrogens with zero attached hydrogens (tertiary/aromatic N) is 3. The number of benzene rings is 1. The van der Waals surface area contributed by atoms with E-state index in [9.17, 15) is 4.79 Å². The number of aryl methyl sites for hydroxylation is 1. The first kappa shape index (κ1) is 20.3. The Labute approximate surface area is 186 Å². The summed E-state index contributed by atoms with van der Waals surface area (Å²) in [5.41, 5.74) is 5.83. The van der Waals surface area contributed by atoms with Crippen molar-refractivity contribution in [3.05, 3.63) is 66.1 Å². The Hall–Kier alpha value is -3.58. The number of aromatic amines is 1. The van der Waals surface area contributed by atoms with E-state index in [1.165, 1.54) is 12.8 Å². The van der Waals surface area contributed by atoms with Crippen molar-refractivity contribution in [2.24, 2.45) is 0 Å². The Morgan fingerprint density at radius 3 is 2.94 bits per heavy atom. The highest BCUT2D eigenvalue weighted by molar-refractivity contribution is 5.95. The van der Waals surface area contributed by atoms with Gasteiger partial charge in [-0.3, -0.25) is 15.1 Å². The van der Waals surface area contributed by atoms with Gasteiger partial charge in [0.1, 0.15) is 6.61 Å². The topological polar surface area (TPSA) is 92.8 Å². The Bertz CT molecular complexity index is 1260. The fourth-order valence-corrected chi connectivity index (χ4v) is 4.12. The van der Waals surface area contributed by atoms with Crippen molar-refractivity contribution in [3.63, 3.8) is 0 Å². The lowest BCUT2D eigenvalue weighted by Gasteiger charge is -2.22. The van der Waals surface area contributed by atoms with Gasteiger partial charge in [-0.05, 0) is 62.2 Å². The van der Waals surface area contributed by atoms with E-state index >= 15 is 0 Å². The van der Waals surface area contributed by atoms with Crippen molar-refractivity contribution < 1.29 is 9.53 Å². The van der Waals surface area contributed by atoms with E-state index in [1.807, 2.05) is 49.4 Å². The summed E-state index contributed by atoms with van der Waals surface area (Å²) in [4.78, 5) is 21.7. The van der Waals surface area contributed by atoms with E-state index in [1.54, 1.807) is 12.4 Å². The van der Waals surface area contributed by atoms with Crippen molar-refractivity contribution >= 4 is 16.9 Å². The summed E-state index contributed by atoms with van der Waals surface area (Å²) in [5, 5.41) is 11.6. The molecule has 1 saturated heterocycles. The van der Waals surface area contributed by atoms with Crippen LogP contribution in [0.3, 0.4) is 0 Å². The number of carbonyl (C=O) groups is 1. The van der Waals surface area contributed by atoms with Crippen LogP contribution in [0.15, 0.2) is 54.9 Å². The molecule has 0 radical (unpaired) electrons. The van der Waals surface area contributed by atoms with Crippen molar-refractivity contribution in [3.8, 4) is 22.5 Å². The number of fused-ring (bicyclic) bond motifs is 1. The lowest BCUT2D eigenvalue weighted by atomic mass is 10.0. The molecule has 4 aromatic rings. The molecule has 1 aromatic carbocycles. The number of H-pyrrole nitrogens is 1. The van der Waals surface area contributed by atoms with Gasteiger partial charge in [0.25, 0.3) is 0 Å². The van der Waals surface area contributed by atoms with Crippen LogP contribution in [0.2, 0.25) is 0 Å². The second-order valence-corrected chi connectivity index (χ2v) is 8.20. The number of rotatable bonds is 5. The zero-order chi connectivity index (χ0) is 21.9. The van der Waals surface area contributed by atoms with Crippen molar-refractivity contribution in [1.29, 1.82) is 0 Å². The molecule has 0 unspecified atom stereocenters. The summed E-state index contributed by atoms with van der Waals surface area (Å²) in [6.45, 7) is 3.33. The number of aromatic nitrogens is 4. The molecule has 2 N–H and O–H groups in total. The first-order valence-electron chi connectivity index (χ1n) is 11.0. The second kappa shape index (κ2) is 8.88. The van der Waals surface area contributed by atoms with Gasteiger partial charge in [0.05, 0.1) is 28.7 Å². The zero-order valence-electron chi connectivity index (χ0n) is 18.0. The van der Waals surface area contributed by atoms with Gasteiger partial charge < -0.3 is 10.1 Å². The lowest BCUT2D eigenvalue weighted by Crippen LogP contribution is -2.38. The van der Waals surface area contributed by atoms with Crippen LogP contribution >= 0.6 is 0 Å². The molecule has 0 bridgehead atoms. The standard InChI is InChI=1S/C25H25N5O2/c1-16-5-4-7-23(29-16)24-21(14-28-30-24)17-8-9-22-18(11-17)12-19(13-27-22)25(31)32-15-20-6-2-3-10-26-20/h4-5,7-9,11-14,20,26H,2-3,6,10,15H2,1H3,(H,28,30)/t20-/m1/s1. The number of ether oxygens (including phenoxy) is 1. The molecule has 0 spiro atoms. The first-order chi connectivity index (χ1) is 15.7. The average Bonchev–Trinajstić information content (AvgIpc) is 3.32. The van der Waals surface area contributed by atoms with Crippen LogP contribution in [-0.4, -0.2) is 45.3 Å². The highest BCUT2D eigenvalue weighted by atomic mass is 16.5. The summed E-state index contributed by atoms with van der Waals surface area (Å²) in [7, 11) is 0. The van der Waals surface area contributed by atoms with Gasteiger partial charge in [0.15, 0.2) is 0 Å². The molecule has 1 aliphatic rings. The van der Waals surface area contributed by atoms with E-state index < -0.39 is 0 Å². The van der Waals surface area contributed by atoms with E-state index in [-0.39, 0.29) is 12.0 Å². The van der Waals surface area contributed by atoms with Crippen LogP contribution in [0.1, 0.15) is 35.3 Å². The average molecular weight is 428 g/mol. The van der Waals surface area contributed by atoms with Gasteiger partial charge in [-0.2, -0.15) is 5.10 Å². The van der Waals surface area contributed by atoms with Crippen LogP contribution in [-0.2, 0) is 4.74 Å². The number of piperidine rings is 1. The molecule has 1 atom stereocenters. The molecule has 32 heavy (non-hydrogen) atoms. The monoisotopic (exact) mass is 427 g/mol. The Kier molecular flexibility index (Phi) is 5.64.